The van der Waals surface area contributed by atoms with E-state index >= 15 is 0 Å². The Morgan fingerprint density at radius 2 is 1.95 bits per heavy atom. The van der Waals surface area contributed by atoms with Crippen molar-refractivity contribution < 1.29 is 27.9 Å². The van der Waals surface area contributed by atoms with Gasteiger partial charge in [-0.25, -0.2) is 4.79 Å². The molecule has 0 saturated heterocycles. The lowest BCUT2D eigenvalue weighted by molar-refractivity contribution is -0.141. The van der Waals surface area contributed by atoms with Crippen LogP contribution in [0.25, 0.3) is 0 Å². The molecule has 0 fully saturated rings. The van der Waals surface area contributed by atoms with Crippen LogP contribution < -0.4 is 10.6 Å². The second kappa shape index (κ2) is 6.66. The average Bonchev–Trinajstić information content (AvgIpc) is 2.33. The molecule has 1 unspecified atom stereocenters. The molecule has 1 rings (SSSR count). The molecule has 2 amide bonds. The monoisotopic (exact) mass is 324 g/mol. The molecule has 1 aromatic rings. The molecule has 116 valence electrons. The van der Waals surface area contributed by atoms with Gasteiger partial charge >= 0.3 is 18.2 Å². The first-order valence-electron chi connectivity index (χ1n) is 5.75. The van der Waals surface area contributed by atoms with Gasteiger partial charge in [-0.2, -0.15) is 13.2 Å². The van der Waals surface area contributed by atoms with Gasteiger partial charge in [0, 0.05) is 17.3 Å². The van der Waals surface area contributed by atoms with Crippen molar-refractivity contribution in [2.45, 2.75) is 13.1 Å². The van der Waals surface area contributed by atoms with E-state index in [1.165, 1.54) is 6.92 Å². The first-order valence-corrected chi connectivity index (χ1v) is 6.13. The summed E-state index contributed by atoms with van der Waals surface area (Å²) in [6, 6.07) is 1.79. The summed E-state index contributed by atoms with van der Waals surface area (Å²) in [6.07, 6.45) is -4.59. The minimum absolute atomic E-state index is 0.143. The maximum atomic E-state index is 12.6. The van der Waals surface area contributed by atoms with E-state index < -0.39 is 29.7 Å². The summed E-state index contributed by atoms with van der Waals surface area (Å²) in [5, 5.41) is 12.8. The summed E-state index contributed by atoms with van der Waals surface area (Å²) in [7, 11) is 0. The van der Waals surface area contributed by atoms with Gasteiger partial charge in [0.15, 0.2) is 0 Å². The fraction of sp³-hybridized carbons (Fsp3) is 0.333. The van der Waals surface area contributed by atoms with Crippen molar-refractivity contribution in [3.05, 3.63) is 28.8 Å². The van der Waals surface area contributed by atoms with Gasteiger partial charge in [-0.3, -0.25) is 4.79 Å². The number of halogens is 4. The fourth-order valence-corrected chi connectivity index (χ4v) is 1.57. The zero-order valence-corrected chi connectivity index (χ0v) is 11.5. The normalized spacial score (nSPS) is 12.6. The van der Waals surface area contributed by atoms with Gasteiger partial charge in [-0.05, 0) is 18.2 Å². The maximum Gasteiger partial charge on any atom is 0.416 e. The second-order valence-corrected chi connectivity index (χ2v) is 4.74. The molecule has 3 N–H and O–H groups in total. The first kappa shape index (κ1) is 17.1. The molecular weight excluding hydrogens is 313 g/mol. The van der Waals surface area contributed by atoms with E-state index in [4.69, 9.17) is 16.7 Å². The molecule has 1 aromatic carbocycles. The average molecular weight is 325 g/mol. The van der Waals surface area contributed by atoms with Gasteiger partial charge in [0.05, 0.1) is 11.5 Å². The van der Waals surface area contributed by atoms with Gasteiger partial charge in [0.25, 0.3) is 0 Å². The number of nitrogens with one attached hydrogen (secondary N) is 2. The van der Waals surface area contributed by atoms with E-state index in [0.717, 1.165) is 18.2 Å². The smallest absolute Gasteiger partial charge is 0.416 e. The van der Waals surface area contributed by atoms with Crippen LogP contribution in [-0.2, 0) is 11.0 Å². The van der Waals surface area contributed by atoms with Crippen molar-refractivity contribution in [1.82, 2.24) is 5.32 Å². The van der Waals surface area contributed by atoms with E-state index in [2.05, 4.69) is 10.6 Å². The molecule has 0 radical (unpaired) electrons. The predicted molar refractivity (Wildman–Crippen MR) is 70.3 cm³/mol. The third kappa shape index (κ3) is 5.50. The topological polar surface area (TPSA) is 78.4 Å². The number of alkyl halides is 3. The lowest BCUT2D eigenvalue weighted by Crippen LogP contribution is -2.34. The summed E-state index contributed by atoms with van der Waals surface area (Å²) in [6.45, 7) is 1.22. The quantitative estimate of drug-likeness (QED) is 0.795. The minimum atomic E-state index is -4.59. The second-order valence-electron chi connectivity index (χ2n) is 4.30. The largest absolute Gasteiger partial charge is 0.481 e. The number of hydrogen-bond acceptors (Lipinski definition) is 2. The van der Waals surface area contributed by atoms with Gasteiger partial charge in [-0.1, -0.05) is 18.5 Å². The number of hydrogen-bond donors (Lipinski definition) is 3. The lowest BCUT2D eigenvalue weighted by atomic mass is 10.2. The van der Waals surface area contributed by atoms with E-state index in [1.54, 1.807) is 0 Å². The van der Waals surface area contributed by atoms with E-state index in [1.807, 2.05) is 0 Å². The van der Waals surface area contributed by atoms with Gasteiger partial charge in [-0.15, -0.1) is 0 Å². The number of rotatable bonds is 4. The van der Waals surface area contributed by atoms with Crippen LogP contribution >= 0.6 is 11.6 Å². The van der Waals surface area contributed by atoms with Crippen molar-refractivity contribution in [3.8, 4) is 0 Å². The molecule has 0 spiro atoms. The van der Waals surface area contributed by atoms with E-state index in [0.29, 0.717) is 0 Å². The zero-order chi connectivity index (χ0) is 16.2. The number of carboxylic acid groups (broad SMARTS) is 1. The van der Waals surface area contributed by atoms with Crippen LogP contribution in [-0.4, -0.2) is 23.7 Å². The molecule has 1 atom stereocenters. The van der Waals surface area contributed by atoms with Crippen molar-refractivity contribution in [1.29, 1.82) is 0 Å². The summed E-state index contributed by atoms with van der Waals surface area (Å²) in [4.78, 5) is 22.0. The molecule has 0 bridgehead atoms. The van der Waals surface area contributed by atoms with Gasteiger partial charge in [0.2, 0.25) is 0 Å². The molecule has 0 aliphatic heterocycles. The lowest BCUT2D eigenvalue weighted by Gasteiger charge is -2.12. The van der Waals surface area contributed by atoms with Crippen molar-refractivity contribution in [2.75, 3.05) is 11.9 Å². The molecule has 0 heterocycles. The highest BCUT2D eigenvalue weighted by molar-refractivity contribution is 6.31. The van der Waals surface area contributed by atoms with Crippen molar-refractivity contribution in [2.24, 2.45) is 5.92 Å². The summed E-state index contributed by atoms with van der Waals surface area (Å²) < 4.78 is 37.7. The highest BCUT2D eigenvalue weighted by Gasteiger charge is 2.31. The van der Waals surface area contributed by atoms with Gasteiger partial charge in [0.1, 0.15) is 0 Å². The number of carbonyl (C=O) groups is 2. The number of anilines is 1. The molecule has 5 nitrogen and oxygen atoms in total. The van der Waals surface area contributed by atoms with Crippen molar-refractivity contribution >= 4 is 29.3 Å². The fourth-order valence-electron chi connectivity index (χ4n) is 1.33. The Morgan fingerprint density at radius 3 is 2.48 bits per heavy atom. The molecule has 0 aliphatic carbocycles. The third-order valence-corrected chi connectivity index (χ3v) is 2.69. The van der Waals surface area contributed by atoms with Crippen LogP contribution in [0.1, 0.15) is 12.5 Å². The van der Waals surface area contributed by atoms with E-state index in [-0.39, 0.29) is 17.3 Å². The number of amides is 2. The van der Waals surface area contributed by atoms with Crippen LogP contribution in [0, 0.1) is 5.92 Å². The Labute approximate surface area is 123 Å². The molecule has 0 aliphatic rings. The molecular formula is C12H12ClF3N2O3. The highest BCUT2D eigenvalue weighted by Crippen LogP contribution is 2.33. The SMILES string of the molecule is CC(CNC(=O)Nc1cc(Cl)cc(C(F)(F)F)c1)C(=O)O. The minimum Gasteiger partial charge on any atom is -0.481 e. The van der Waals surface area contributed by atoms with Crippen molar-refractivity contribution in [3.63, 3.8) is 0 Å². The molecule has 9 heteroatoms. The van der Waals surface area contributed by atoms with Crippen LogP contribution in [0.2, 0.25) is 5.02 Å². The Balaban J connectivity index is 2.72. The molecule has 0 saturated carbocycles. The molecule has 21 heavy (non-hydrogen) atoms. The number of urea groups is 1. The zero-order valence-electron chi connectivity index (χ0n) is 10.8. The third-order valence-electron chi connectivity index (χ3n) is 2.47. The number of carbonyl (C=O) groups excluding carboxylic acids is 1. The van der Waals surface area contributed by atoms with E-state index in [9.17, 15) is 22.8 Å². The highest BCUT2D eigenvalue weighted by atomic mass is 35.5. The standard InChI is InChI=1S/C12H12ClF3N2O3/c1-6(10(19)20)5-17-11(21)18-9-3-7(12(14,15)16)2-8(13)4-9/h2-4,6H,5H2,1H3,(H,19,20)(H2,17,18,21). The summed E-state index contributed by atoms with van der Waals surface area (Å²) in [5.41, 5.74) is -1.14. The Bertz CT molecular complexity index is 549. The van der Waals surface area contributed by atoms with Gasteiger partial charge < -0.3 is 15.7 Å². The number of benzene rings is 1. The summed E-state index contributed by atoms with van der Waals surface area (Å²) in [5.74, 6) is -1.92. The Hall–Kier alpha value is -1.96. The molecule has 0 aromatic heterocycles. The van der Waals surface area contributed by atoms with Crippen LogP contribution in [0.3, 0.4) is 0 Å². The van der Waals surface area contributed by atoms with Crippen LogP contribution in [0.15, 0.2) is 18.2 Å². The number of aliphatic carboxylic acids is 1. The first-order chi connectivity index (χ1) is 9.59. The predicted octanol–water partition coefficient (Wildman–Crippen LogP) is 3.20. The summed E-state index contributed by atoms with van der Waals surface area (Å²) >= 11 is 5.56. The van der Waals surface area contributed by atoms with Crippen LogP contribution in [0.4, 0.5) is 23.7 Å². The Kier molecular flexibility index (Phi) is 5.42. The Morgan fingerprint density at radius 1 is 1.33 bits per heavy atom. The number of carboxylic acids is 1. The van der Waals surface area contributed by atoms with Crippen LogP contribution in [0.5, 0.6) is 0 Å². The maximum absolute atomic E-state index is 12.6.